The van der Waals surface area contributed by atoms with Crippen LogP contribution in [-0.4, -0.2) is 35.0 Å². The van der Waals surface area contributed by atoms with Gasteiger partial charge < -0.3 is 15.9 Å². The zero-order valence-electron chi connectivity index (χ0n) is 10.4. The van der Waals surface area contributed by atoms with Crippen LogP contribution in [0.5, 0.6) is 0 Å². The number of hydrogen-bond donors (Lipinski definition) is 4. The standard InChI is InChI=1S/C9H17N5O3S/c1-4-6-11-5-7(12-6)18(16,17)14-9(2,3)8(10)13-15/h5,14-15H,4H2,1-3H3,(H2,10,13)(H,11,12). The average molecular weight is 275 g/mol. The van der Waals surface area contributed by atoms with Crippen molar-refractivity contribution in [3.63, 3.8) is 0 Å². The van der Waals surface area contributed by atoms with Crippen LogP contribution in [0.25, 0.3) is 0 Å². The van der Waals surface area contributed by atoms with Crippen LogP contribution >= 0.6 is 0 Å². The summed E-state index contributed by atoms with van der Waals surface area (Å²) in [7, 11) is -3.80. The minimum Gasteiger partial charge on any atom is -0.409 e. The molecule has 0 spiro atoms. The van der Waals surface area contributed by atoms with Crippen molar-refractivity contribution in [3.8, 4) is 0 Å². The number of aryl methyl sites for hydroxylation is 1. The summed E-state index contributed by atoms with van der Waals surface area (Å²) in [4.78, 5) is 6.59. The van der Waals surface area contributed by atoms with Crippen molar-refractivity contribution in [1.29, 1.82) is 0 Å². The molecule has 1 rings (SSSR count). The molecular weight excluding hydrogens is 258 g/mol. The maximum Gasteiger partial charge on any atom is 0.258 e. The fourth-order valence-corrected chi connectivity index (χ4v) is 2.56. The monoisotopic (exact) mass is 275 g/mol. The van der Waals surface area contributed by atoms with Gasteiger partial charge in [0.05, 0.1) is 11.7 Å². The second kappa shape index (κ2) is 4.94. The van der Waals surface area contributed by atoms with Gasteiger partial charge in [-0.3, -0.25) is 0 Å². The van der Waals surface area contributed by atoms with Gasteiger partial charge in [-0.25, -0.2) is 13.4 Å². The van der Waals surface area contributed by atoms with Crippen molar-refractivity contribution in [1.82, 2.24) is 14.7 Å². The van der Waals surface area contributed by atoms with Crippen molar-refractivity contribution >= 4 is 15.9 Å². The lowest BCUT2D eigenvalue weighted by Gasteiger charge is -2.23. The molecule has 9 heteroatoms. The van der Waals surface area contributed by atoms with E-state index in [1.165, 1.54) is 20.0 Å². The molecule has 0 bridgehead atoms. The van der Waals surface area contributed by atoms with E-state index in [9.17, 15) is 8.42 Å². The summed E-state index contributed by atoms with van der Waals surface area (Å²) in [5, 5.41) is 11.3. The molecule has 0 fully saturated rings. The second-order valence-corrected chi connectivity index (χ2v) is 5.91. The fraction of sp³-hybridized carbons (Fsp3) is 0.556. The maximum atomic E-state index is 12.0. The number of hydrogen-bond acceptors (Lipinski definition) is 5. The molecule has 0 unspecified atom stereocenters. The summed E-state index contributed by atoms with van der Waals surface area (Å²) in [5.41, 5.74) is 4.21. The molecule has 1 heterocycles. The summed E-state index contributed by atoms with van der Waals surface area (Å²) in [6.07, 6.45) is 1.82. The van der Waals surface area contributed by atoms with Crippen LogP contribution < -0.4 is 10.5 Å². The molecule has 0 aliphatic heterocycles. The van der Waals surface area contributed by atoms with Gasteiger partial charge in [0.1, 0.15) is 5.82 Å². The Morgan fingerprint density at radius 2 is 2.28 bits per heavy atom. The van der Waals surface area contributed by atoms with Crippen molar-refractivity contribution in [2.45, 2.75) is 37.8 Å². The molecule has 0 aliphatic rings. The number of H-pyrrole nitrogens is 1. The van der Waals surface area contributed by atoms with Gasteiger partial charge in [0.15, 0.2) is 10.9 Å². The average Bonchev–Trinajstić information content (AvgIpc) is 2.75. The highest BCUT2D eigenvalue weighted by Crippen LogP contribution is 2.11. The molecule has 0 amide bonds. The van der Waals surface area contributed by atoms with Gasteiger partial charge in [0, 0.05) is 6.42 Å². The van der Waals surface area contributed by atoms with Crippen LogP contribution in [0.15, 0.2) is 16.4 Å². The van der Waals surface area contributed by atoms with Crippen molar-refractivity contribution in [2.24, 2.45) is 10.9 Å². The van der Waals surface area contributed by atoms with E-state index in [0.717, 1.165) is 0 Å². The molecule has 0 aromatic carbocycles. The first-order valence-electron chi connectivity index (χ1n) is 5.29. The van der Waals surface area contributed by atoms with Gasteiger partial charge in [0.25, 0.3) is 10.0 Å². The number of nitrogens with two attached hydrogens (primary N) is 1. The normalized spacial score (nSPS) is 13.8. The third-order valence-electron chi connectivity index (χ3n) is 2.37. The summed E-state index contributed by atoms with van der Waals surface area (Å²) in [6, 6.07) is 0. The van der Waals surface area contributed by atoms with E-state index in [1.807, 2.05) is 6.92 Å². The van der Waals surface area contributed by atoms with Crippen LogP contribution in [0, 0.1) is 0 Å². The quantitative estimate of drug-likeness (QED) is 0.255. The number of oxime groups is 1. The Kier molecular flexibility index (Phi) is 3.97. The predicted molar refractivity (Wildman–Crippen MR) is 65.8 cm³/mol. The largest absolute Gasteiger partial charge is 0.409 e. The van der Waals surface area contributed by atoms with E-state index in [2.05, 4.69) is 19.8 Å². The van der Waals surface area contributed by atoms with Crippen molar-refractivity contribution in [2.75, 3.05) is 0 Å². The molecule has 0 radical (unpaired) electrons. The van der Waals surface area contributed by atoms with E-state index < -0.39 is 15.6 Å². The summed E-state index contributed by atoms with van der Waals surface area (Å²) >= 11 is 0. The molecule has 18 heavy (non-hydrogen) atoms. The molecule has 0 saturated heterocycles. The Morgan fingerprint density at radius 1 is 1.67 bits per heavy atom. The van der Waals surface area contributed by atoms with Crippen LogP contribution in [-0.2, 0) is 16.4 Å². The first kappa shape index (κ1) is 14.5. The number of aromatic amines is 1. The minimum absolute atomic E-state index is 0.0573. The lowest BCUT2D eigenvalue weighted by atomic mass is 10.1. The molecule has 5 N–H and O–H groups in total. The molecule has 1 aromatic heterocycles. The number of imidazole rings is 1. The Balaban J connectivity index is 3.02. The number of nitrogens with one attached hydrogen (secondary N) is 2. The molecule has 0 saturated carbocycles. The molecule has 102 valence electrons. The summed E-state index contributed by atoms with van der Waals surface area (Å²) in [6.45, 7) is 4.82. The Labute approximate surface area is 105 Å². The van der Waals surface area contributed by atoms with Crippen molar-refractivity contribution < 1.29 is 13.6 Å². The third kappa shape index (κ3) is 2.99. The number of rotatable bonds is 5. The lowest BCUT2D eigenvalue weighted by Crippen LogP contribution is -2.53. The predicted octanol–water partition coefficient (Wildman–Crippen LogP) is -0.225. The molecule has 8 nitrogen and oxygen atoms in total. The highest BCUT2D eigenvalue weighted by atomic mass is 32.2. The Bertz CT molecular complexity index is 546. The molecule has 0 aliphatic carbocycles. The van der Waals surface area contributed by atoms with Gasteiger partial charge >= 0.3 is 0 Å². The maximum absolute atomic E-state index is 12.0. The zero-order valence-corrected chi connectivity index (χ0v) is 11.2. The second-order valence-electron chi connectivity index (χ2n) is 4.26. The third-order valence-corrected chi connectivity index (χ3v) is 3.93. The van der Waals surface area contributed by atoms with E-state index in [-0.39, 0.29) is 10.9 Å². The molecule has 1 aromatic rings. The minimum atomic E-state index is -3.80. The van der Waals surface area contributed by atoms with Gasteiger partial charge in [0.2, 0.25) is 0 Å². The summed E-state index contributed by atoms with van der Waals surface area (Å²) in [5.74, 6) is 0.332. The highest BCUT2D eigenvalue weighted by molar-refractivity contribution is 7.89. The van der Waals surface area contributed by atoms with Gasteiger partial charge in [-0.1, -0.05) is 12.1 Å². The van der Waals surface area contributed by atoms with Crippen molar-refractivity contribution in [3.05, 3.63) is 12.0 Å². The fourth-order valence-electron chi connectivity index (χ4n) is 1.23. The topological polar surface area (TPSA) is 133 Å². The summed E-state index contributed by atoms with van der Waals surface area (Å²) < 4.78 is 26.4. The van der Waals surface area contributed by atoms with E-state index in [4.69, 9.17) is 10.9 Å². The van der Waals surface area contributed by atoms with E-state index in [1.54, 1.807) is 0 Å². The zero-order chi connectivity index (χ0) is 14.0. The van der Waals surface area contributed by atoms with Gasteiger partial charge in [-0.2, -0.15) is 4.72 Å². The number of aromatic nitrogens is 2. The van der Waals surface area contributed by atoms with Gasteiger partial charge in [-0.05, 0) is 13.8 Å². The molecule has 0 atom stereocenters. The van der Waals surface area contributed by atoms with Crippen LogP contribution in [0.3, 0.4) is 0 Å². The first-order chi connectivity index (χ1) is 8.23. The number of sulfonamides is 1. The van der Waals surface area contributed by atoms with Crippen LogP contribution in [0.4, 0.5) is 0 Å². The highest BCUT2D eigenvalue weighted by Gasteiger charge is 2.31. The Hall–Kier alpha value is -1.61. The smallest absolute Gasteiger partial charge is 0.258 e. The lowest BCUT2D eigenvalue weighted by molar-refractivity contribution is 0.312. The number of nitrogens with zero attached hydrogens (tertiary/aromatic N) is 2. The van der Waals surface area contributed by atoms with Crippen LogP contribution in [0.2, 0.25) is 0 Å². The first-order valence-corrected chi connectivity index (χ1v) is 6.77. The van der Waals surface area contributed by atoms with E-state index >= 15 is 0 Å². The van der Waals surface area contributed by atoms with E-state index in [0.29, 0.717) is 12.2 Å². The van der Waals surface area contributed by atoms with Crippen LogP contribution in [0.1, 0.15) is 26.6 Å². The van der Waals surface area contributed by atoms with Gasteiger partial charge in [-0.15, -0.1) is 0 Å². The Morgan fingerprint density at radius 3 is 2.72 bits per heavy atom. The molecular formula is C9H17N5O3S. The number of amidine groups is 1. The SMILES string of the molecule is CCc1ncc(S(=O)(=O)NC(C)(C)C(N)=NO)[nH]1.